The first-order valence-electron chi connectivity index (χ1n) is 7.46. The summed E-state index contributed by atoms with van der Waals surface area (Å²) in [6, 6.07) is 0. The first kappa shape index (κ1) is 16.7. The van der Waals surface area contributed by atoms with Gasteiger partial charge >= 0.3 is 0 Å². The third kappa shape index (κ3) is 3.74. The molecular formula is C18H23N5. The second-order valence-electron chi connectivity index (χ2n) is 5.65. The van der Waals surface area contributed by atoms with E-state index in [-0.39, 0.29) is 0 Å². The van der Waals surface area contributed by atoms with Gasteiger partial charge in [-0.25, -0.2) is 4.98 Å². The van der Waals surface area contributed by atoms with Crippen LogP contribution in [-0.2, 0) is 6.54 Å². The lowest BCUT2D eigenvalue weighted by Gasteiger charge is -2.17. The minimum absolute atomic E-state index is 0.595. The maximum Gasteiger partial charge on any atom is 0.155 e. The van der Waals surface area contributed by atoms with Gasteiger partial charge in [0.25, 0.3) is 0 Å². The van der Waals surface area contributed by atoms with Gasteiger partial charge in [0.05, 0.1) is 18.4 Å². The Morgan fingerprint density at radius 3 is 2.65 bits per heavy atom. The third-order valence-electron chi connectivity index (χ3n) is 3.77. The topological polar surface area (TPSA) is 54.6 Å². The molecule has 0 aliphatic heterocycles. The summed E-state index contributed by atoms with van der Waals surface area (Å²) in [7, 11) is 0. The molecule has 0 radical (unpaired) electrons. The van der Waals surface area contributed by atoms with Crippen molar-refractivity contribution in [1.82, 2.24) is 19.7 Å². The maximum atomic E-state index is 4.41. The number of allylic oxidation sites excluding steroid dienone is 3. The van der Waals surface area contributed by atoms with Gasteiger partial charge in [-0.1, -0.05) is 12.2 Å². The van der Waals surface area contributed by atoms with Crippen LogP contribution in [0.5, 0.6) is 0 Å². The summed E-state index contributed by atoms with van der Waals surface area (Å²) >= 11 is 0. The monoisotopic (exact) mass is 309 g/mol. The van der Waals surface area contributed by atoms with E-state index in [0.717, 1.165) is 33.9 Å². The van der Waals surface area contributed by atoms with Gasteiger partial charge in [0.1, 0.15) is 0 Å². The largest absolute Gasteiger partial charge is 0.379 e. The lowest BCUT2D eigenvalue weighted by atomic mass is 9.98. The molecule has 0 fully saturated rings. The highest BCUT2D eigenvalue weighted by Gasteiger charge is 2.10. The fraction of sp³-hybridized carbons (Fsp3) is 0.278. The van der Waals surface area contributed by atoms with Gasteiger partial charge in [-0.15, -0.1) is 0 Å². The SMILES string of the molecule is C=N/C(C)=C(\C)C(C(=C)NCc1cn2ccnc2cn1)=C(C)C. The number of fused-ring (bicyclic) bond motifs is 1. The Hall–Kier alpha value is -2.69. The number of nitrogens with zero attached hydrogens (tertiary/aromatic N) is 4. The van der Waals surface area contributed by atoms with Gasteiger partial charge in [-0.2, -0.15) is 0 Å². The van der Waals surface area contributed by atoms with Gasteiger partial charge in [0, 0.05) is 35.6 Å². The van der Waals surface area contributed by atoms with E-state index in [1.807, 2.05) is 30.6 Å². The zero-order chi connectivity index (χ0) is 17.0. The standard InChI is InChI=1S/C18H23N5/c1-12(2)18(13(3)14(4)19-6)15(5)21-9-16-11-23-8-7-20-17(23)10-22-16/h7-8,10-11,21H,5-6,9H2,1-4H3/b14-13+. The molecule has 0 bridgehead atoms. The van der Waals surface area contributed by atoms with E-state index in [1.165, 1.54) is 5.57 Å². The zero-order valence-electron chi connectivity index (χ0n) is 14.2. The van der Waals surface area contributed by atoms with E-state index in [1.54, 1.807) is 12.4 Å². The lowest BCUT2D eigenvalue weighted by Crippen LogP contribution is -2.16. The van der Waals surface area contributed by atoms with Crippen molar-refractivity contribution >= 4 is 12.4 Å². The molecule has 0 aliphatic rings. The molecule has 2 aromatic heterocycles. The summed E-state index contributed by atoms with van der Waals surface area (Å²) in [5.41, 5.74) is 6.87. The molecule has 0 saturated carbocycles. The second kappa shape index (κ2) is 7.05. The Morgan fingerprint density at radius 1 is 1.26 bits per heavy atom. The highest BCUT2D eigenvalue weighted by atomic mass is 15.0. The van der Waals surface area contributed by atoms with Gasteiger partial charge in [0.15, 0.2) is 5.65 Å². The van der Waals surface area contributed by atoms with Crippen molar-refractivity contribution in [2.24, 2.45) is 4.99 Å². The number of hydrogen-bond donors (Lipinski definition) is 1. The average molecular weight is 309 g/mol. The molecule has 23 heavy (non-hydrogen) atoms. The van der Waals surface area contributed by atoms with Crippen molar-refractivity contribution in [3.05, 3.63) is 65.2 Å². The molecule has 2 heterocycles. The quantitative estimate of drug-likeness (QED) is 0.654. The first-order chi connectivity index (χ1) is 10.9. The number of aromatic nitrogens is 3. The van der Waals surface area contributed by atoms with E-state index in [4.69, 9.17) is 0 Å². The zero-order valence-corrected chi connectivity index (χ0v) is 14.2. The van der Waals surface area contributed by atoms with Crippen LogP contribution in [0.2, 0.25) is 0 Å². The van der Waals surface area contributed by atoms with Crippen LogP contribution in [0.3, 0.4) is 0 Å². The smallest absolute Gasteiger partial charge is 0.155 e. The molecule has 0 saturated heterocycles. The predicted molar refractivity (Wildman–Crippen MR) is 95.3 cm³/mol. The molecule has 0 aliphatic carbocycles. The van der Waals surface area contributed by atoms with E-state index in [9.17, 15) is 0 Å². The van der Waals surface area contributed by atoms with Crippen LogP contribution in [0.4, 0.5) is 0 Å². The van der Waals surface area contributed by atoms with Crippen molar-refractivity contribution < 1.29 is 0 Å². The predicted octanol–water partition coefficient (Wildman–Crippen LogP) is 3.66. The van der Waals surface area contributed by atoms with E-state index in [0.29, 0.717) is 6.54 Å². The van der Waals surface area contributed by atoms with Crippen LogP contribution in [0.15, 0.2) is 64.5 Å². The highest BCUT2D eigenvalue weighted by Crippen LogP contribution is 2.23. The Kier molecular flexibility index (Phi) is 5.11. The van der Waals surface area contributed by atoms with Crippen molar-refractivity contribution in [2.75, 3.05) is 0 Å². The average Bonchev–Trinajstić information content (AvgIpc) is 2.99. The minimum atomic E-state index is 0.595. The van der Waals surface area contributed by atoms with Crippen LogP contribution < -0.4 is 5.32 Å². The third-order valence-corrected chi connectivity index (χ3v) is 3.77. The van der Waals surface area contributed by atoms with E-state index in [2.05, 4.69) is 47.4 Å². The van der Waals surface area contributed by atoms with Gasteiger partial charge in [0.2, 0.25) is 0 Å². The second-order valence-corrected chi connectivity index (χ2v) is 5.65. The number of rotatable bonds is 6. The van der Waals surface area contributed by atoms with Gasteiger partial charge in [-0.05, 0) is 40.0 Å². The molecule has 0 unspecified atom stereocenters. The van der Waals surface area contributed by atoms with Crippen molar-refractivity contribution in [2.45, 2.75) is 34.2 Å². The number of aliphatic imine (C=N–C) groups is 1. The molecule has 120 valence electrons. The molecule has 2 aromatic rings. The fourth-order valence-electron chi connectivity index (χ4n) is 2.45. The lowest BCUT2D eigenvalue weighted by molar-refractivity contribution is 0.786. The highest BCUT2D eigenvalue weighted by molar-refractivity contribution is 5.49. The summed E-state index contributed by atoms with van der Waals surface area (Å²) in [4.78, 5) is 12.6. The Balaban J connectivity index is 2.16. The molecule has 5 heteroatoms. The van der Waals surface area contributed by atoms with Crippen LogP contribution in [0.1, 0.15) is 33.4 Å². The molecule has 0 atom stereocenters. The number of nitrogens with one attached hydrogen (secondary N) is 1. The Labute approximate surface area is 137 Å². The van der Waals surface area contributed by atoms with E-state index < -0.39 is 0 Å². The fourth-order valence-corrected chi connectivity index (χ4v) is 2.45. The molecule has 5 nitrogen and oxygen atoms in total. The number of imidazole rings is 1. The summed E-state index contributed by atoms with van der Waals surface area (Å²) in [6.45, 7) is 16.5. The normalized spacial score (nSPS) is 11.8. The Bertz CT molecular complexity index is 804. The minimum Gasteiger partial charge on any atom is -0.379 e. The maximum absolute atomic E-state index is 4.41. The van der Waals surface area contributed by atoms with E-state index >= 15 is 0 Å². The Morgan fingerprint density at radius 2 is 2.00 bits per heavy atom. The van der Waals surface area contributed by atoms with Crippen LogP contribution >= 0.6 is 0 Å². The van der Waals surface area contributed by atoms with Gasteiger partial charge < -0.3 is 9.72 Å². The molecule has 0 aromatic carbocycles. The number of hydrogen-bond acceptors (Lipinski definition) is 4. The van der Waals surface area contributed by atoms with Crippen molar-refractivity contribution in [3.63, 3.8) is 0 Å². The molecule has 0 amide bonds. The van der Waals surface area contributed by atoms with Crippen molar-refractivity contribution in [1.29, 1.82) is 0 Å². The summed E-state index contributed by atoms with van der Waals surface area (Å²) in [5, 5.41) is 3.35. The summed E-state index contributed by atoms with van der Waals surface area (Å²) in [6.07, 6.45) is 7.39. The summed E-state index contributed by atoms with van der Waals surface area (Å²) < 4.78 is 1.95. The van der Waals surface area contributed by atoms with Crippen LogP contribution in [0.25, 0.3) is 5.65 Å². The molecular weight excluding hydrogens is 286 g/mol. The summed E-state index contributed by atoms with van der Waals surface area (Å²) in [5.74, 6) is 0. The van der Waals surface area contributed by atoms with Crippen LogP contribution in [-0.4, -0.2) is 21.1 Å². The molecule has 1 N–H and O–H groups in total. The molecule has 2 rings (SSSR count). The van der Waals surface area contributed by atoms with Crippen molar-refractivity contribution in [3.8, 4) is 0 Å². The van der Waals surface area contributed by atoms with Gasteiger partial charge in [-0.3, -0.25) is 9.98 Å². The molecule has 0 spiro atoms. The van der Waals surface area contributed by atoms with Crippen LogP contribution in [0, 0.1) is 0 Å². The first-order valence-corrected chi connectivity index (χ1v) is 7.46.